The Hall–Kier alpha value is -1.14. The van der Waals surface area contributed by atoms with Crippen LogP contribution in [0.4, 0.5) is 0 Å². The van der Waals surface area contributed by atoms with Crippen molar-refractivity contribution in [1.29, 1.82) is 0 Å². The summed E-state index contributed by atoms with van der Waals surface area (Å²) in [7, 11) is 0. The van der Waals surface area contributed by atoms with Gasteiger partial charge in [0.2, 0.25) is 0 Å². The van der Waals surface area contributed by atoms with Crippen LogP contribution >= 0.6 is 15.9 Å². The smallest absolute Gasteiger partial charge is 0.272 e. The highest BCUT2D eigenvalue weighted by molar-refractivity contribution is 9.10. The fourth-order valence-corrected chi connectivity index (χ4v) is 2.67. The molecule has 0 spiro atoms. The average molecular weight is 297 g/mol. The number of hydrogen-bond acceptors (Lipinski definition) is 3. The molecule has 0 radical (unpaired) electrons. The monoisotopic (exact) mass is 296 g/mol. The van der Waals surface area contributed by atoms with Crippen molar-refractivity contribution in [3.63, 3.8) is 0 Å². The van der Waals surface area contributed by atoms with E-state index in [2.05, 4.69) is 31.3 Å². The van der Waals surface area contributed by atoms with Crippen LogP contribution in [0.3, 0.4) is 0 Å². The molecule has 1 fully saturated rings. The molecule has 2 N–H and O–H groups in total. The fraction of sp³-hybridized carbons (Fsp3) is 0.455. The van der Waals surface area contributed by atoms with Crippen molar-refractivity contribution in [3.8, 4) is 0 Å². The van der Waals surface area contributed by atoms with Gasteiger partial charge in [0.25, 0.3) is 5.56 Å². The van der Waals surface area contributed by atoms with Gasteiger partial charge in [0.1, 0.15) is 0 Å². The summed E-state index contributed by atoms with van der Waals surface area (Å²) < 4.78 is 2.28. The largest absolute Gasteiger partial charge is 0.317 e. The van der Waals surface area contributed by atoms with Crippen LogP contribution in [-0.4, -0.2) is 27.7 Å². The third-order valence-corrected chi connectivity index (χ3v) is 3.81. The Morgan fingerprint density at radius 3 is 2.94 bits per heavy atom. The second-order valence-electron chi connectivity index (χ2n) is 4.32. The summed E-state index contributed by atoms with van der Waals surface area (Å²) in [6.45, 7) is 2.00. The number of H-pyrrole nitrogens is 1. The lowest BCUT2D eigenvalue weighted by atomic mass is 9.94. The summed E-state index contributed by atoms with van der Waals surface area (Å²) in [5, 5.41) is 6.18. The van der Waals surface area contributed by atoms with Gasteiger partial charge in [-0.3, -0.25) is 9.89 Å². The Labute approximate surface area is 106 Å². The third-order valence-electron chi connectivity index (χ3n) is 3.23. The minimum Gasteiger partial charge on any atom is -0.317 e. The molecule has 2 aromatic heterocycles. The zero-order valence-corrected chi connectivity index (χ0v) is 10.8. The van der Waals surface area contributed by atoms with E-state index in [0.717, 1.165) is 36.1 Å². The Morgan fingerprint density at radius 2 is 2.18 bits per heavy atom. The topological polar surface area (TPSA) is 62.2 Å². The van der Waals surface area contributed by atoms with Crippen LogP contribution in [0, 0.1) is 0 Å². The van der Waals surface area contributed by atoms with Crippen molar-refractivity contribution in [2.45, 2.75) is 18.8 Å². The van der Waals surface area contributed by atoms with Gasteiger partial charge in [-0.15, -0.1) is 0 Å². The van der Waals surface area contributed by atoms with E-state index >= 15 is 0 Å². The van der Waals surface area contributed by atoms with Crippen molar-refractivity contribution in [2.75, 3.05) is 13.1 Å². The number of halogens is 1. The Kier molecular flexibility index (Phi) is 2.76. The minimum atomic E-state index is -0.0470. The number of rotatable bonds is 1. The maximum absolute atomic E-state index is 11.9. The summed E-state index contributed by atoms with van der Waals surface area (Å²) in [5.74, 6) is 0.399. The van der Waals surface area contributed by atoms with Crippen LogP contribution < -0.4 is 10.9 Å². The Bertz CT molecular complexity index is 597. The van der Waals surface area contributed by atoms with Crippen LogP contribution in [-0.2, 0) is 0 Å². The first kappa shape index (κ1) is 11.0. The van der Waals surface area contributed by atoms with Gasteiger partial charge in [0.15, 0.2) is 5.65 Å². The van der Waals surface area contributed by atoms with Crippen LogP contribution in [0.25, 0.3) is 5.65 Å². The molecule has 1 aliphatic rings. The van der Waals surface area contributed by atoms with Crippen molar-refractivity contribution < 1.29 is 0 Å². The van der Waals surface area contributed by atoms with Gasteiger partial charge in [0.05, 0.1) is 10.2 Å². The quantitative estimate of drug-likeness (QED) is 0.833. The van der Waals surface area contributed by atoms with Crippen molar-refractivity contribution in [2.24, 2.45) is 0 Å². The van der Waals surface area contributed by atoms with E-state index in [-0.39, 0.29) is 5.56 Å². The molecule has 0 unspecified atom stereocenters. The van der Waals surface area contributed by atoms with Crippen molar-refractivity contribution >= 4 is 21.6 Å². The molecule has 1 aliphatic heterocycles. The molecule has 5 nitrogen and oxygen atoms in total. The summed E-state index contributed by atoms with van der Waals surface area (Å²) >= 11 is 3.39. The van der Waals surface area contributed by atoms with Gasteiger partial charge < -0.3 is 5.32 Å². The number of nitrogens with zero attached hydrogens (tertiary/aromatic N) is 2. The number of nitrogens with one attached hydrogen (secondary N) is 2. The summed E-state index contributed by atoms with van der Waals surface area (Å²) in [5.41, 5.74) is 1.54. The molecule has 3 rings (SSSR count). The molecule has 0 saturated carbocycles. The van der Waals surface area contributed by atoms with Crippen LogP contribution in [0.15, 0.2) is 21.5 Å². The predicted octanol–water partition coefficient (Wildman–Crippen LogP) is 1.25. The molecule has 0 amide bonds. The van der Waals surface area contributed by atoms with Gasteiger partial charge in [-0.25, -0.2) is 9.50 Å². The molecule has 0 aromatic carbocycles. The highest BCUT2D eigenvalue weighted by Gasteiger charge is 2.18. The number of aromatic amines is 1. The summed E-state index contributed by atoms with van der Waals surface area (Å²) in [6, 6.07) is 1.64. The van der Waals surface area contributed by atoms with E-state index < -0.39 is 0 Å². The van der Waals surface area contributed by atoms with Crippen LogP contribution in [0.1, 0.15) is 24.5 Å². The van der Waals surface area contributed by atoms with E-state index in [4.69, 9.17) is 0 Å². The molecule has 0 aliphatic carbocycles. The molecular weight excluding hydrogens is 284 g/mol. The lowest BCUT2D eigenvalue weighted by molar-refractivity contribution is 0.453. The lowest BCUT2D eigenvalue weighted by Crippen LogP contribution is -2.28. The number of hydrogen-bond donors (Lipinski definition) is 2. The summed E-state index contributed by atoms with van der Waals surface area (Å²) in [6.07, 6.45) is 3.82. The molecule has 17 heavy (non-hydrogen) atoms. The fourth-order valence-electron chi connectivity index (χ4n) is 2.30. The van der Waals surface area contributed by atoms with Gasteiger partial charge in [0, 0.05) is 18.2 Å². The van der Waals surface area contributed by atoms with Gasteiger partial charge >= 0.3 is 0 Å². The molecule has 6 heteroatoms. The highest BCUT2D eigenvalue weighted by Crippen LogP contribution is 2.24. The standard InChI is InChI=1S/C11H13BrN4O/c12-8-6-14-16-10(17)5-9(15-11(8)16)7-1-3-13-4-2-7/h5-7,13-14H,1-4H2. The van der Waals surface area contributed by atoms with Crippen molar-refractivity contribution in [3.05, 3.63) is 32.8 Å². The number of piperidine rings is 1. The minimum absolute atomic E-state index is 0.0470. The molecule has 2 aromatic rings. The van der Waals surface area contributed by atoms with E-state index in [9.17, 15) is 4.79 Å². The lowest BCUT2D eigenvalue weighted by Gasteiger charge is -2.21. The van der Waals surface area contributed by atoms with Gasteiger partial charge in [-0.1, -0.05) is 0 Å². The molecule has 0 atom stereocenters. The average Bonchev–Trinajstić information content (AvgIpc) is 2.73. The normalized spacial score (nSPS) is 17.7. The zero-order valence-electron chi connectivity index (χ0n) is 9.24. The third kappa shape index (κ3) is 1.91. The first-order valence-corrected chi connectivity index (χ1v) is 6.52. The maximum atomic E-state index is 11.9. The van der Waals surface area contributed by atoms with E-state index in [0.29, 0.717) is 11.6 Å². The van der Waals surface area contributed by atoms with E-state index in [1.54, 1.807) is 12.3 Å². The zero-order chi connectivity index (χ0) is 11.8. The van der Waals surface area contributed by atoms with E-state index in [1.165, 1.54) is 4.52 Å². The molecule has 0 bridgehead atoms. The Morgan fingerprint density at radius 1 is 1.41 bits per heavy atom. The van der Waals surface area contributed by atoms with Crippen molar-refractivity contribution in [1.82, 2.24) is 19.9 Å². The Balaban J connectivity index is 2.10. The second kappa shape index (κ2) is 4.27. The predicted molar refractivity (Wildman–Crippen MR) is 68.4 cm³/mol. The molecular formula is C11H13BrN4O. The van der Waals surface area contributed by atoms with Gasteiger partial charge in [-0.2, -0.15) is 0 Å². The number of fused-ring (bicyclic) bond motifs is 1. The highest BCUT2D eigenvalue weighted by atomic mass is 79.9. The molecule has 90 valence electrons. The first-order chi connectivity index (χ1) is 8.25. The SMILES string of the molecule is O=c1cc(C2CCNCC2)nc2c(Br)c[nH]n12. The second-order valence-corrected chi connectivity index (χ2v) is 5.18. The number of aromatic nitrogens is 3. The van der Waals surface area contributed by atoms with E-state index in [1.807, 2.05) is 0 Å². The maximum Gasteiger partial charge on any atom is 0.272 e. The first-order valence-electron chi connectivity index (χ1n) is 5.73. The molecule has 1 saturated heterocycles. The van der Waals surface area contributed by atoms with Gasteiger partial charge in [-0.05, 0) is 41.9 Å². The summed E-state index contributed by atoms with van der Waals surface area (Å²) in [4.78, 5) is 16.5. The van der Waals surface area contributed by atoms with Crippen LogP contribution in [0.5, 0.6) is 0 Å². The molecule has 3 heterocycles. The van der Waals surface area contributed by atoms with Crippen LogP contribution in [0.2, 0.25) is 0 Å².